The van der Waals surface area contributed by atoms with Gasteiger partial charge in [-0.15, -0.1) is 0 Å². The molecule has 9 heteroatoms. The Kier molecular flexibility index (Phi) is 7.62. The van der Waals surface area contributed by atoms with Gasteiger partial charge < -0.3 is 26.2 Å². The van der Waals surface area contributed by atoms with Crippen LogP contribution in [0, 0.1) is 5.41 Å². The van der Waals surface area contributed by atoms with Gasteiger partial charge in [0.15, 0.2) is 0 Å². The molecule has 5 amide bonds. The summed E-state index contributed by atoms with van der Waals surface area (Å²) in [7, 11) is 1.46. The van der Waals surface area contributed by atoms with Crippen molar-refractivity contribution in [3.63, 3.8) is 0 Å². The maximum Gasteiger partial charge on any atom is 0.315 e. The second-order valence-electron chi connectivity index (χ2n) is 8.60. The number of hydrogen-bond donors (Lipinski definition) is 3. The molecule has 0 radical (unpaired) electrons. The standard InChI is InChI=1S/C18H33N5O4/c1-11(2)20-17(27)21-12-7-8-23(14(25)9-18(3,4)5)15(12)16(26)22(6)10-13(19)24/h11-12,15H,7-10H2,1-6H3,(H2,19,24)(H2,20,21,27). The van der Waals surface area contributed by atoms with E-state index in [0.717, 1.165) is 0 Å². The molecule has 0 aromatic rings. The third-order valence-electron chi connectivity index (χ3n) is 4.16. The molecule has 0 bridgehead atoms. The van der Waals surface area contributed by atoms with E-state index in [1.165, 1.54) is 16.8 Å². The molecule has 1 aliphatic rings. The predicted octanol–water partition coefficient (Wildman–Crippen LogP) is 0.0434. The maximum absolute atomic E-state index is 12.9. The molecule has 1 aliphatic heterocycles. The van der Waals surface area contributed by atoms with Crippen molar-refractivity contribution < 1.29 is 19.2 Å². The Labute approximate surface area is 161 Å². The highest BCUT2D eigenvalue weighted by Crippen LogP contribution is 2.26. The fraction of sp³-hybridized carbons (Fsp3) is 0.778. The van der Waals surface area contributed by atoms with Crippen molar-refractivity contribution in [1.29, 1.82) is 0 Å². The Hall–Kier alpha value is -2.32. The Morgan fingerprint density at radius 3 is 2.30 bits per heavy atom. The van der Waals surface area contributed by atoms with Gasteiger partial charge in [0, 0.05) is 26.1 Å². The van der Waals surface area contributed by atoms with E-state index in [4.69, 9.17) is 5.73 Å². The summed E-state index contributed by atoms with van der Waals surface area (Å²) >= 11 is 0. The van der Waals surface area contributed by atoms with E-state index in [-0.39, 0.29) is 30.3 Å². The lowest BCUT2D eigenvalue weighted by Gasteiger charge is -2.32. The first-order valence-corrected chi connectivity index (χ1v) is 9.21. The molecule has 154 valence electrons. The molecule has 0 aromatic heterocycles. The topological polar surface area (TPSA) is 125 Å². The number of nitrogens with two attached hydrogens (primary N) is 1. The van der Waals surface area contributed by atoms with Gasteiger partial charge in [-0.3, -0.25) is 14.4 Å². The van der Waals surface area contributed by atoms with Crippen LogP contribution in [0.3, 0.4) is 0 Å². The van der Waals surface area contributed by atoms with E-state index < -0.39 is 29.9 Å². The van der Waals surface area contributed by atoms with Gasteiger partial charge in [0.05, 0.1) is 12.6 Å². The van der Waals surface area contributed by atoms with Gasteiger partial charge in [0.1, 0.15) is 6.04 Å². The lowest BCUT2D eigenvalue weighted by atomic mass is 9.91. The SMILES string of the molecule is CC(C)NC(=O)NC1CCN(C(=O)CC(C)(C)C)C1C(=O)N(C)CC(N)=O. The average molecular weight is 383 g/mol. The second kappa shape index (κ2) is 9.05. The van der Waals surface area contributed by atoms with Crippen LogP contribution in [0.15, 0.2) is 0 Å². The van der Waals surface area contributed by atoms with Crippen molar-refractivity contribution in [1.82, 2.24) is 20.4 Å². The maximum atomic E-state index is 12.9. The van der Waals surface area contributed by atoms with Gasteiger partial charge >= 0.3 is 6.03 Å². The second-order valence-corrected chi connectivity index (χ2v) is 8.60. The van der Waals surface area contributed by atoms with Gasteiger partial charge in [-0.05, 0) is 25.7 Å². The molecule has 0 aliphatic carbocycles. The quantitative estimate of drug-likeness (QED) is 0.599. The number of nitrogens with zero attached hydrogens (tertiary/aromatic N) is 2. The minimum atomic E-state index is -0.859. The van der Waals surface area contributed by atoms with Gasteiger partial charge in [-0.2, -0.15) is 0 Å². The number of rotatable bonds is 6. The van der Waals surface area contributed by atoms with Crippen LogP contribution in [0.4, 0.5) is 4.79 Å². The van der Waals surface area contributed by atoms with E-state index >= 15 is 0 Å². The van der Waals surface area contributed by atoms with Crippen LogP contribution < -0.4 is 16.4 Å². The summed E-state index contributed by atoms with van der Waals surface area (Å²) in [6.45, 7) is 9.62. The summed E-state index contributed by atoms with van der Waals surface area (Å²) in [5.74, 6) is -1.20. The van der Waals surface area contributed by atoms with E-state index in [0.29, 0.717) is 13.0 Å². The smallest absolute Gasteiger partial charge is 0.315 e. The highest BCUT2D eigenvalue weighted by molar-refractivity contribution is 5.92. The van der Waals surface area contributed by atoms with Crippen LogP contribution in [0.5, 0.6) is 0 Å². The number of carbonyl (C=O) groups excluding carboxylic acids is 4. The molecule has 4 N–H and O–H groups in total. The molecule has 2 unspecified atom stereocenters. The predicted molar refractivity (Wildman–Crippen MR) is 102 cm³/mol. The Morgan fingerprint density at radius 1 is 1.22 bits per heavy atom. The number of carbonyl (C=O) groups is 4. The number of likely N-dealkylation sites (tertiary alicyclic amines) is 1. The minimum absolute atomic E-state index is 0.0586. The molecule has 0 spiro atoms. The summed E-state index contributed by atoms with van der Waals surface area (Å²) < 4.78 is 0. The lowest BCUT2D eigenvalue weighted by molar-refractivity contribution is -0.145. The fourth-order valence-corrected chi connectivity index (χ4v) is 3.09. The molecule has 27 heavy (non-hydrogen) atoms. The van der Waals surface area contributed by atoms with Gasteiger partial charge in [0.25, 0.3) is 0 Å². The zero-order valence-corrected chi connectivity index (χ0v) is 17.2. The largest absolute Gasteiger partial charge is 0.368 e. The zero-order valence-electron chi connectivity index (χ0n) is 17.2. The first-order chi connectivity index (χ1) is 12.3. The Morgan fingerprint density at radius 2 is 1.81 bits per heavy atom. The molecule has 1 heterocycles. The van der Waals surface area contributed by atoms with Crippen molar-refractivity contribution in [3.05, 3.63) is 0 Å². The van der Waals surface area contributed by atoms with Crippen LogP contribution in [-0.2, 0) is 14.4 Å². The fourth-order valence-electron chi connectivity index (χ4n) is 3.09. The molecular formula is C18H33N5O4. The van der Waals surface area contributed by atoms with Crippen molar-refractivity contribution >= 4 is 23.8 Å². The average Bonchev–Trinajstić information content (AvgIpc) is 2.86. The van der Waals surface area contributed by atoms with E-state index in [9.17, 15) is 19.2 Å². The summed E-state index contributed by atoms with van der Waals surface area (Å²) in [6, 6.07) is -1.84. The van der Waals surface area contributed by atoms with Crippen molar-refractivity contribution in [2.75, 3.05) is 20.1 Å². The molecule has 2 atom stereocenters. The first-order valence-electron chi connectivity index (χ1n) is 9.21. The molecule has 1 rings (SSSR count). The highest BCUT2D eigenvalue weighted by atomic mass is 16.2. The number of amides is 5. The summed E-state index contributed by atoms with van der Waals surface area (Å²) in [5.41, 5.74) is 4.95. The van der Waals surface area contributed by atoms with Gasteiger partial charge in [-0.1, -0.05) is 20.8 Å². The van der Waals surface area contributed by atoms with Crippen LogP contribution in [0.25, 0.3) is 0 Å². The Bertz CT molecular complexity index is 585. The lowest BCUT2D eigenvalue weighted by Crippen LogP contribution is -2.57. The van der Waals surface area contributed by atoms with Crippen LogP contribution >= 0.6 is 0 Å². The molecule has 1 fully saturated rings. The minimum Gasteiger partial charge on any atom is -0.368 e. The van der Waals surface area contributed by atoms with Crippen LogP contribution in [-0.4, -0.2) is 71.8 Å². The number of urea groups is 1. The molecule has 0 saturated carbocycles. The molecule has 1 saturated heterocycles. The van der Waals surface area contributed by atoms with Crippen LogP contribution in [0.2, 0.25) is 0 Å². The molecule has 9 nitrogen and oxygen atoms in total. The number of likely N-dealkylation sites (N-methyl/N-ethyl adjacent to an activating group) is 1. The van der Waals surface area contributed by atoms with E-state index in [1.54, 1.807) is 0 Å². The first kappa shape index (κ1) is 22.7. The van der Waals surface area contributed by atoms with Crippen molar-refractivity contribution in [2.24, 2.45) is 11.1 Å². The molecular weight excluding hydrogens is 350 g/mol. The third-order valence-corrected chi connectivity index (χ3v) is 4.16. The van der Waals surface area contributed by atoms with Crippen LogP contribution in [0.1, 0.15) is 47.5 Å². The van der Waals surface area contributed by atoms with E-state index in [1.807, 2.05) is 34.6 Å². The zero-order chi connectivity index (χ0) is 20.9. The highest BCUT2D eigenvalue weighted by Gasteiger charge is 2.44. The summed E-state index contributed by atoms with van der Waals surface area (Å²) in [4.78, 5) is 51.7. The number of nitrogens with one attached hydrogen (secondary N) is 2. The monoisotopic (exact) mass is 383 g/mol. The van der Waals surface area contributed by atoms with Crippen molar-refractivity contribution in [3.8, 4) is 0 Å². The van der Waals surface area contributed by atoms with Gasteiger partial charge in [-0.25, -0.2) is 4.79 Å². The van der Waals surface area contributed by atoms with E-state index in [2.05, 4.69) is 10.6 Å². The summed E-state index contributed by atoms with van der Waals surface area (Å²) in [5, 5.41) is 5.51. The Balaban J connectivity index is 3.02. The normalized spacial score (nSPS) is 19.7. The summed E-state index contributed by atoms with van der Waals surface area (Å²) in [6.07, 6.45) is 0.740. The molecule has 0 aromatic carbocycles. The number of primary amides is 1. The third kappa shape index (κ3) is 7.07. The number of hydrogen-bond acceptors (Lipinski definition) is 4. The van der Waals surface area contributed by atoms with Gasteiger partial charge in [0.2, 0.25) is 17.7 Å². The van der Waals surface area contributed by atoms with Crippen molar-refractivity contribution in [2.45, 2.75) is 65.6 Å².